The van der Waals surface area contributed by atoms with Crippen molar-refractivity contribution in [2.75, 3.05) is 18.0 Å². The normalized spacial score (nSPS) is 23.9. The van der Waals surface area contributed by atoms with Crippen LogP contribution in [-0.4, -0.2) is 34.1 Å². The van der Waals surface area contributed by atoms with Gasteiger partial charge in [-0.2, -0.15) is 11.8 Å². The average Bonchev–Trinajstić information content (AvgIpc) is 2.34. The van der Waals surface area contributed by atoms with Crippen molar-refractivity contribution in [2.45, 2.75) is 57.2 Å². The Bertz CT molecular complexity index is 432. The smallest absolute Gasteiger partial charge is 0.0599 e. The van der Waals surface area contributed by atoms with Crippen LogP contribution in [0.2, 0.25) is 0 Å². The van der Waals surface area contributed by atoms with Crippen LogP contribution in [0.25, 0.3) is 0 Å². The number of aromatic nitrogens is 1. The van der Waals surface area contributed by atoms with E-state index in [9.17, 15) is 0 Å². The summed E-state index contributed by atoms with van der Waals surface area (Å²) >= 11 is 2.09. The molecule has 1 N–H and O–H groups in total. The van der Waals surface area contributed by atoms with Crippen LogP contribution in [0.4, 0.5) is 5.69 Å². The molecule has 0 amide bonds. The molecule has 20 heavy (non-hydrogen) atoms. The molecule has 1 aromatic rings. The van der Waals surface area contributed by atoms with Gasteiger partial charge in [-0.3, -0.25) is 4.98 Å². The van der Waals surface area contributed by atoms with E-state index in [2.05, 4.69) is 67.6 Å². The molecule has 4 heteroatoms. The lowest BCUT2D eigenvalue weighted by Crippen LogP contribution is -2.41. The standard InChI is InChI=1S/C16H27N3S/c1-12-10-19(11-13(2)20-12)15-9-17-7-6-14(15)8-18-16(3,4)5/h6-7,9,12-13,18H,8,10-11H2,1-5H3. The molecule has 0 spiro atoms. The SMILES string of the molecule is CC1CN(c2cnccc2CNC(C)(C)C)CC(C)S1. The maximum atomic E-state index is 4.34. The van der Waals surface area contributed by atoms with Crippen molar-refractivity contribution < 1.29 is 0 Å². The molecule has 112 valence electrons. The van der Waals surface area contributed by atoms with Gasteiger partial charge in [-0.15, -0.1) is 0 Å². The van der Waals surface area contributed by atoms with Crippen LogP contribution in [0.3, 0.4) is 0 Å². The summed E-state index contributed by atoms with van der Waals surface area (Å²) in [6, 6.07) is 2.14. The Morgan fingerprint density at radius 1 is 1.30 bits per heavy atom. The lowest BCUT2D eigenvalue weighted by molar-refractivity contribution is 0.424. The Morgan fingerprint density at radius 3 is 2.55 bits per heavy atom. The van der Waals surface area contributed by atoms with Crippen LogP contribution >= 0.6 is 11.8 Å². The van der Waals surface area contributed by atoms with Gasteiger partial charge in [0.2, 0.25) is 0 Å². The fourth-order valence-electron chi connectivity index (χ4n) is 2.58. The van der Waals surface area contributed by atoms with E-state index in [0.29, 0.717) is 10.5 Å². The number of pyridine rings is 1. The molecule has 0 aliphatic carbocycles. The highest BCUT2D eigenvalue weighted by Gasteiger charge is 2.24. The summed E-state index contributed by atoms with van der Waals surface area (Å²) in [7, 11) is 0. The van der Waals surface area contributed by atoms with E-state index >= 15 is 0 Å². The topological polar surface area (TPSA) is 28.2 Å². The third-order valence-corrected chi connectivity index (χ3v) is 4.68. The minimum atomic E-state index is 0.138. The number of thioether (sulfide) groups is 1. The van der Waals surface area contributed by atoms with Crippen LogP contribution in [0.5, 0.6) is 0 Å². The first kappa shape index (κ1) is 15.6. The first-order valence-corrected chi connectivity index (χ1v) is 8.38. The highest BCUT2D eigenvalue weighted by molar-refractivity contribution is 8.00. The van der Waals surface area contributed by atoms with E-state index in [4.69, 9.17) is 0 Å². The van der Waals surface area contributed by atoms with Crippen molar-refractivity contribution in [1.29, 1.82) is 0 Å². The molecule has 1 aliphatic rings. The van der Waals surface area contributed by atoms with Crippen LogP contribution < -0.4 is 10.2 Å². The molecular weight excluding hydrogens is 266 g/mol. The second-order valence-electron chi connectivity index (χ2n) is 6.77. The number of anilines is 1. The molecule has 1 fully saturated rings. The molecule has 2 atom stereocenters. The Kier molecular flexibility index (Phi) is 4.97. The van der Waals surface area contributed by atoms with Crippen molar-refractivity contribution in [3.63, 3.8) is 0 Å². The Morgan fingerprint density at radius 2 is 1.95 bits per heavy atom. The van der Waals surface area contributed by atoms with Gasteiger partial charge in [-0.25, -0.2) is 0 Å². The van der Waals surface area contributed by atoms with Crippen molar-refractivity contribution in [3.8, 4) is 0 Å². The van der Waals surface area contributed by atoms with Gasteiger partial charge in [0.25, 0.3) is 0 Å². The molecule has 1 saturated heterocycles. The van der Waals surface area contributed by atoms with Gasteiger partial charge in [0, 0.05) is 41.9 Å². The first-order valence-electron chi connectivity index (χ1n) is 7.43. The summed E-state index contributed by atoms with van der Waals surface area (Å²) in [6.07, 6.45) is 3.92. The van der Waals surface area contributed by atoms with Crippen molar-refractivity contribution in [2.24, 2.45) is 0 Å². The van der Waals surface area contributed by atoms with Crippen LogP contribution in [-0.2, 0) is 6.54 Å². The summed E-state index contributed by atoms with van der Waals surface area (Å²) < 4.78 is 0. The second-order valence-corrected chi connectivity index (χ2v) is 8.65. The zero-order valence-corrected chi connectivity index (χ0v) is 14.1. The van der Waals surface area contributed by atoms with Gasteiger partial charge in [0.15, 0.2) is 0 Å². The summed E-state index contributed by atoms with van der Waals surface area (Å²) in [5, 5.41) is 4.95. The van der Waals surface area contributed by atoms with Gasteiger partial charge in [0.05, 0.1) is 11.9 Å². The molecular formula is C16H27N3S. The Hall–Kier alpha value is -0.740. The maximum absolute atomic E-state index is 4.34. The van der Waals surface area contributed by atoms with Crippen LogP contribution in [0, 0.1) is 0 Å². The van der Waals surface area contributed by atoms with Gasteiger partial charge in [-0.1, -0.05) is 13.8 Å². The van der Waals surface area contributed by atoms with E-state index in [1.165, 1.54) is 11.3 Å². The Labute approximate surface area is 127 Å². The zero-order valence-electron chi connectivity index (χ0n) is 13.3. The second kappa shape index (κ2) is 6.35. The minimum Gasteiger partial charge on any atom is -0.368 e. The van der Waals surface area contributed by atoms with E-state index in [1.807, 2.05) is 12.4 Å². The molecule has 1 aliphatic heterocycles. The molecule has 2 heterocycles. The zero-order chi connectivity index (χ0) is 14.8. The number of rotatable bonds is 3. The van der Waals surface area contributed by atoms with Gasteiger partial charge >= 0.3 is 0 Å². The lowest BCUT2D eigenvalue weighted by atomic mass is 10.1. The summed E-state index contributed by atoms with van der Waals surface area (Å²) in [6.45, 7) is 14.4. The lowest BCUT2D eigenvalue weighted by Gasteiger charge is -2.37. The molecule has 0 saturated carbocycles. The molecule has 0 radical (unpaired) electrons. The predicted molar refractivity (Wildman–Crippen MR) is 89.6 cm³/mol. The molecule has 2 rings (SSSR count). The summed E-state index contributed by atoms with van der Waals surface area (Å²) in [5.74, 6) is 0. The molecule has 0 bridgehead atoms. The average molecular weight is 293 g/mol. The van der Waals surface area contributed by atoms with Gasteiger partial charge < -0.3 is 10.2 Å². The number of nitrogens with one attached hydrogen (secondary N) is 1. The number of nitrogens with zero attached hydrogens (tertiary/aromatic N) is 2. The third-order valence-electron chi connectivity index (χ3n) is 3.46. The van der Waals surface area contributed by atoms with Crippen LogP contribution in [0.15, 0.2) is 18.5 Å². The molecule has 1 aromatic heterocycles. The third kappa shape index (κ3) is 4.38. The summed E-state index contributed by atoms with van der Waals surface area (Å²) in [5.41, 5.74) is 2.78. The monoisotopic (exact) mass is 293 g/mol. The first-order chi connectivity index (χ1) is 9.35. The minimum absolute atomic E-state index is 0.138. The van der Waals surface area contributed by atoms with E-state index in [0.717, 1.165) is 19.6 Å². The summed E-state index contributed by atoms with van der Waals surface area (Å²) in [4.78, 5) is 6.84. The van der Waals surface area contributed by atoms with E-state index in [-0.39, 0.29) is 5.54 Å². The fraction of sp³-hybridized carbons (Fsp3) is 0.688. The largest absolute Gasteiger partial charge is 0.368 e. The van der Waals surface area contributed by atoms with Crippen molar-refractivity contribution in [3.05, 3.63) is 24.0 Å². The van der Waals surface area contributed by atoms with Crippen molar-refractivity contribution >= 4 is 17.4 Å². The highest BCUT2D eigenvalue weighted by atomic mass is 32.2. The maximum Gasteiger partial charge on any atom is 0.0599 e. The van der Waals surface area contributed by atoms with Gasteiger partial charge in [-0.05, 0) is 32.4 Å². The fourth-order valence-corrected chi connectivity index (χ4v) is 3.91. The molecule has 0 aromatic carbocycles. The molecule has 3 nitrogen and oxygen atoms in total. The van der Waals surface area contributed by atoms with E-state index < -0.39 is 0 Å². The number of hydrogen-bond donors (Lipinski definition) is 1. The van der Waals surface area contributed by atoms with Crippen molar-refractivity contribution in [1.82, 2.24) is 10.3 Å². The predicted octanol–water partition coefficient (Wildman–Crippen LogP) is 3.30. The van der Waals surface area contributed by atoms with Crippen LogP contribution in [0.1, 0.15) is 40.2 Å². The van der Waals surface area contributed by atoms with Gasteiger partial charge in [0.1, 0.15) is 0 Å². The quantitative estimate of drug-likeness (QED) is 0.925. The highest BCUT2D eigenvalue weighted by Crippen LogP contribution is 2.30. The number of hydrogen-bond acceptors (Lipinski definition) is 4. The Balaban J connectivity index is 2.14. The van der Waals surface area contributed by atoms with E-state index in [1.54, 1.807) is 0 Å². The molecule has 2 unspecified atom stereocenters.